The van der Waals surface area contributed by atoms with Gasteiger partial charge in [0.15, 0.2) is 5.75 Å². The molecule has 3 aromatic heterocycles. The first-order valence-electron chi connectivity index (χ1n) is 11.3. The fourth-order valence-electron chi connectivity index (χ4n) is 4.50. The third kappa shape index (κ3) is 3.79. The molecular weight excluding hydrogens is 435 g/mol. The molecule has 0 bridgehead atoms. The Kier molecular flexibility index (Phi) is 5.52. The molecule has 1 aliphatic heterocycles. The molecule has 1 aromatic carbocycles. The molecule has 0 amide bonds. The van der Waals surface area contributed by atoms with Gasteiger partial charge in [-0.1, -0.05) is 12.5 Å². The first-order valence-corrected chi connectivity index (χ1v) is 11.3. The molecule has 176 valence electrons. The molecule has 10 heteroatoms. The number of benzene rings is 1. The minimum Gasteiger partial charge on any atom is -0.421 e. The first kappa shape index (κ1) is 22.0. The lowest BCUT2D eigenvalue weighted by Gasteiger charge is -2.38. The van der Waals surface area contributed by atoms with Crippen LogP contribution in [0.3, 0.4) is 0 Å². The summed E-state index contributed by atoms with van der Waals surface area (Å²) in [5.74, 6) is 1.41. The summed E-state index contributed by atoms with van der Waals surface area (Å²) in [7, 11) is 1.75. The number of ether oxygens (including phenoxy) is 1. The molecule has 0 aliphatic carbocycles. The predicted octanol–water partition coefficient (Wildman–Crippen LogP) is 4.06. The fourth-order valence-corrected chi connectivity index (χ4v) is 4.50. The van der Waals surface area contributed by atoms with E-state index in [2.05, 4.69) is 37.1 Å². The molecule has 4 N–H and O–H groups in total. The summed E-state index contributed by atoms with van der Waals surface area (Å²) in [6, 6.07) is 3.13. The highest BCUT2D eigenvalue weighted by molar-refractivity contribution is 6.14. The van der Waals surface area contributed by atoms with Crippen molar-refractivity contribution in [1.82, 2.24) is 24.9 Å². The second-order valence-electron chi connectivity index (χ2n) is 8.50. The zero-order valence-electron chi connectivity index (χ0n) is 19.6. The van der Waals surface area contributed by atoms with Gasteiger partial charge in [0.1, 0.15) is 23.1 Å². The van der Waals surface area contributed by atoms with E-state index >= 15 is 0 Å². The summed E-state index contributed by atoms with van der Waals surface area (Å²) in [6.07, 6.45) is 4.07. The number of hydrogen-bond donors (Lipinski definition) is 3. The normalized spacial score (nSPS) is 14.4. The van der Waals surface area contributed by atoms with Gasteiger partial charge in [0.05, 0.1) is 29.0 Å². The zero-order valence-corrected chi connectivity index (χ0v) is 19.6. The largest absolute Gasteiger partial charge is 0.421 e. The molecule has 1 saturated heterocycles. The van der Waals surface area contributed by atoms with E-state index in [4.69, 9.17) is 15.5 Å². The molecule has 34 heavy (non-hydrogen) atoms. The molecule has 1 atom stereocenters. The summed E-state index contributed by atoms with van der Waals surface area (Å²) >= 11 is 0. The molecule has 1 fully saturated rings. The molecule has 9 nitrogen and oxygen atoms in total. The van der Waals surface area contributed by atoms with E-state index in [0.29, 0.717) is 47.2 Å². The zero-order chi connectivity index (χ0) is 24.0. The van der Waals surface area contributed by atoms with Crippen molar-refractivity contribution in [1.29, 1.82) is 0 Å². The average Bonchev–Trinajstić information content (AvgIpc) is 3.14. The van der Waals surface area contributed by atoms with E-state index in [1.54, 1.807) is 26.4 Å². The maximum Gasteiger partial charge on any atom is 0.326 e. The van der Waals surface area contributed by atoms with E-state index in [9.17, 15) is 4.39 Å². The van der Waals surface area contributed by atoms with E-state index in [1.807, 2.05) is 6.92 Å². The highest BCUT2D eigenvalue weighted by Gasteiger charge is 2.29. The number of nitrogens with two attached hydrogens (primary N) is 1. The van der Waals surface area contributed by atoms with Crippen molar-refractivity contribution in [2.45, 2.75) is 33.2 Å². The monoisotopic (exact) mass is 462 g/mol. The molecule has 5 rings (SSSR count). The van der Waals surface area contributed by atoms with E-state index < -0.39 is 0 Å². The lowest BCUT2D eigenvalue weighted by molar-refractivity contribution is 0.438. The Morgan fingerprint density at radius 3 is 2.65 bits per heavy atom. The van der Waals surface area contributed by atoms with E-state index in [1.165, 1.54) is 23.3 Å². The van der Waals surface area contributed by atoms with Crippen molar-refractivity contribution in [2.75, 3.05) is 30.4 Å². The summed E-state index contributed by atoms with van der Waals surface area (Å²) in [5, 5.41) is 4.50. The number of H-pyrrole nitrogens is 1. The van der Waals surface area contributed by atoms with Gasteiger partial charge in [0.25, 0.3) is 0 Å². The van der Waals surface area contributed by atoms with Crippen molar-refractivity contribution in [2.24, 2.45) is 5.73 Å². The van der Waals surface area contributed by atoms with Crippen LogP contribution in [0.2, 0.25) is 0 Å². The molecule has 0 saturated carbocycles. The number of aromatic nitrogens is 5. The van der Waals surface area contributed by atoms with Gasteiger partial charge in [0, 0.05) is 31.6 Å². The second kappa shape index (κ2) is 8.53. The smallest absolute Gasteiger partial charge is 0.326 e. The van der Waals surface area contributed by atoms with Crippen LogP contribution in [-0.4, -0.2) is 51.1 Å². The van der Waals surface area contributed by atoms with Gasteiger partial charge in [-0.15, -0.1) is 0 Å². The first-order chi connectivity index (χ1) is 16.4. The highest BCUT2D eigenvalue weighted by atomic mass is 19.1. The third-order valence-corrected chi connectivity index (χ3v) is 6.17. The number of anilines is 2. The number of nitrogens with zero attached hydrogens (tertiary/aromatic N) is 5. The van der Waals surface area contributed by atoms with Gasteiger partial charge in [-0.2, -0.15) is 9.97 Å². The number of aryl methyl sites for hydroxylation is 1. The predicted molar refractivity (Wildman–Crippen MR) is 131 cm³/mol. The van der Waals surface area contributed by atoms with Crippen LogP contribution < -0.4 is 20.7 Å². The number of aromatic amines is 1. The number of nitrogens with one attached hydrogen (secondary N) is 2. The van der Waals surface area contributed by atoms with Crippen LogP contribution in [0.1, 0.15) is 26.1 Å². The Morgan fingerprint density at radius 2 is 2.00 bits per heavy atom. The van der Waals surface area contributed by atoms with Crippen molar-refractivity contribution in [3.63, 3.8) is 0 Å². The number of fused-ring (bicyclic) bond motifs is 3. The van der Waals surface area contributed by atoms with Gasteiger partial charge in [0.2, 0.25) is 0 Å². The van der Waals surface area contributed by atoms with E-state index in [0.717, 1.165) is 17.3 Å². The van der Waals surface area contributed by atoms with Crippen molar-refractivity contribution in [3.8, 4) is 11.8 Å². The Labute approximate surface area is 196 Å². The van der Waals surface area contributed by atoms with Gasteiger partial charge in [-0.3, -0.25) is 0 Å². The van der Waals surface area contributed by atoms with Crippen LogP contribution in [-0.2, 0) is 0 Å². The lowest BCUT2D eigenvalue weighted by atomic mass is 9.94. The second-order valence-corrected chi connectivity index (χ2v) is 8.50. The van der Waals surface area contributed by atoms with Gasteiger partial charge >= 0.3 is 6.01 Å². The molecule has 4 heterocycles. The van der Waals surface area contributed by atoms with Crippen LogP contribution in [0.4, 0.5) is 15.9 Å². The maximum atomic E-state index is 14.5. The molecule has 4 aromatic rings. The Balaban J connectivity index is 1.65. The van der Waals surface area contributed by atoms with Crippen molar-refractivity contribution in [3.05, 3.63) is 47.3 Å². The fraction of sp³-hybridized carbons (Fsp3) is 0.333. The highest BCUT2D eigenvalue weighted by Crippen LogP contribution is 2.39. The summed E-state index contributed by atoms with van der Waals surface area (Å²) in [6.45, 7) is 7.33. The molecule has 1 unspecified atom stereocenters. The number of halogens is 1. The minimum atomic E-state index is -0.338. The van der Waals surface area contributed by atoms with Gasteiger partial charge in [-0.05, 0) is 38.0 Å². The maximum absolute atomic E-state index is 14.5. The molecular formula is C24H27FN8O. The summed E-state index contributed by atoms with van der Waals surface area (Å²) in [4.78, 5) is 23.1. The topological polar surface area (TPSA) is 118 Å². The SMILES string of the molecule is CCC(=C1CN(c2nc(Oc3cnc(C)nc3)nc3[nH]c4c(NC)cc(F)cc4c23)C1)C(C)N. The van der Waals surface area contributed by atoms with Crippen LogP contribution in [0.25, 0.3) is 21.9 Å². The summed E-state index contributed by atoms with van der Waals surface area (Å²) in [5.41, 5.74) is 10.7. The summed E-state index contributed by atoms with van der Waals surface area (Å²) < 4.78 is 20.3. The Morgan fingerprint density at radius 1 is 1.26 bits per heavy atom. The van der Waals surface area contributed by atoms with Crippen LogP contribution >= 0.6 is 0 Å². The standard InChI is InChI=1S/C24H27FN8O/c1-5-17(12(2)26)14-10-33(11-14)23-20-18-6-15(25)7-19(27-4)21(18)30-22(20)31-24(32-23)34-16-8-28-13(3)29-9-16/h6-9,12,27H,5,10-11,26H2,1-4H3,(H,30,31,32). The Hall–Kier alpha value is -3.79. The van der Waals surface area contributed by atoms with Crippen LogP contribution in [0.5, 0.6) is 11.8 Å². The van der Waals surface area contributed by atoms with Crippen LogP contribution in [0, 0.1) is 12.7 Å². The van der Waals surface area contributed by atoms with Crippen molar-refractivity contribution < 1.29 is 9.13 Å². The van der Waals surface area contributed by atoms with Gasteiger partial charge < -0.3 is 25.7 Å². The molecule has 1 aliphatic rings. The van der Waals surface area contributed by atoms with Crippen molar-refractivity contribution >= 4 is 33.4 Å². The molecule has 0 radical (unpaired) electrons. The quantitative estimate of drug-likeness (QED) is 0.367. The number of hydrogen-bond acceptors (Lipinski definition) is 8. The number of rotatable bonds is 6. The third-order valence-electron chi connectivity index (χ3n) is 6.17. The van der Waals surface area contributed by atoms with Crippen LogP contribution in [0.15, 0.2) is 35.7 Å². The van der Waals surface area contributed by atoms with E-state index in [-0.39, 0.29) is 17.9 Å². The average molecular weight is 463 g/mol. The van der Waals surface area contributed by atoms with Gasteiger partial charge in [-0.25, -0.2) is 14.4 Å². The Bertz CT molecular complexity index is 1400. The molecule has 0 spiro atoms. The minimum absolute atomic E-state index is 0.00775. The lowest BCUT2D eigenvalue weighted by Crippen LogP contribution is -2.43.